The molecule has 0 amide bonds. The molecular weight excluding hydrogens is 316 g/mol. The van der Waals surface area contributed by atoms with Crippen LogP contribution in [0.4, 0.5) is 11.5 Å². The molecule has 1 N–H and O–H groups in total. The lowest BCUT2D eigenvalue weighted by atomic mass is 10.2. The van der Waals surface area contributed by atoms with Crippen LogP contribution in [0.25, 0.3) is 11.0 Å². The summed E-state index contributed by atoms with van der Waals surface area (Å²) in [6.07, 6.45) is 3.27. The molecule has 0 aliphatic carbocycles. The second kappa shape index (κ2) is 6.31. The Labute approximate surface area is 135 Å². The minimum atomic E-state index is -2.31. The van der Waals surface area contributed by atoms with E-state index in [9.17, 15) is 8.76 Å². The Hall–Kier alpha value is -2.52. The predicted octanol–water partition coefficient (Wildman–Crippen LogP) is 1.21. The number of nitrogens with one attached hydrogen (secondary N) is 1. The van der Waals surface area contributed by atoms with Crippen molar-refractivity contribution in [3.05, 3.63) is 42.4 Å². The number of aryl methyl sites for hydroxylation is 1. The van der Waals surface area contributed by atoms with Crippen LogP contribution in [0.5, 0.6) is 0 Å². The lowest BCUT2D eigenvalue weighted by Gasteiger charge is -2.19. The van der Waals surface area contributed by atoms with Gasteiger partial charge in [-0.2, -0.15) is 5.10 Å². The number of nitrogens with zero attached hydrogens (tertiary/aromatic N) is 5. The molecule has 0 bridgehead atoms. The zero-order valence-corrected chi connectivity index (χ0v) is 13.4. The fourth-order valence-electron chi connectivity index (χ4n) is 2.38. The van der Waals surface area contributed by atoms with Crippen LogP contribution >= 0.6 is 0 Å². The molecule has 120 valence electrons. The lowest BCUT2D eigenvalue weighted by molar-refractivity contribution is 0.542. The van der Waals surface area contributed by atoms with E-state index in [1.54, 1.807) is 23.0 Å². The quantitative estimate of drug-likeness (QED) is 0.705. The van der Waals surface area contributed by atoms with Gasteiger partial charge in [-0.25, -0.2) is 9.97 Å². The standard InChI is InChI=1S/C14H16N6O2S/c1-19(8-10-3-5-11(6-4-10)18-23(21)22)13-12-7-17-20(2)14(12)16-9-15-13/h3-7,9,18H,8H2,1-2H3,(H,21,22)/p-1. The van der Waals surface area contributed by atoms with E-state index < -0.39 is 11.3 Å². The van der Waals surface area contributed by atoms with Crippen LogP contribution < -0.4 is 9.62 Å². The average Bonchev–Trinajstić information content (AvgIpc) is 2.90. The van der Waals surface area contributed by atoms with E-state index in [1.807, 2.05) is 31.1 Å². The van der Waals surface area contributed by atoms with Crippen LogP contribution in [-0.2, 0) is 24.9 Å². The van der Waals surface area contributed by atoms with E-state index in [0.29, 0.717) is 12.2 Å². The number of hydrogen-bond acceptors (Lipinski definition) is 6. The largest absolute Gasteiger partial charge is 0.755 e. The van der Waals surface area contributed by atoms with Crippen LogP contribution in [-0.4, -0.2) is 35.6 Å². The molecule has 1 aromatic carbocycles. The molecule has 0 saturated carbocycles. The molecule has 1 atom stereocenters. The minimum Gasteiger partial charge on any atom is -0.755 e. The first-order valence-electron chi connectivity index (χ1n) is 6.83. The van der Waals surface area contributed by atoms with Gasteiger partial charge >= 0.3 is 0 Å². The van der Waals surface area contributed by atoms with E-state index in [2.05, 4.69) is 19.8 Å². The molecule has 9 heteroatoms. The first-order valence-corrected chi connectivity index (χ1v) is 7.91. The number of hydrogen-bond donors (Lipinski definition) is 1. The fraction of sp³-hybridized carbons (Fsp3) is 0.214. The van der Waals surface area contributed by atoms with E-state index in [0.717, 1.165) is 22.4 Å². The summed E-state index contributed by atoms with van der Waals surface area (Å²) in [7, 11) is 3.78. The van der Waals surface area contributed by atoms with E-state index in [-0.39, 0.29) is 0 Å². The molecule has 2 aromatic heterocycles. The lowest BCUT2D eigenvalue weighted by Crippen LogP contribution is -2.18. The number of anilines is 2. The summed E-state index contributed by atoms with van der Waals surface area (Å²) in [5, 5.41) is 5.09. The van der Waals surface area contributed by atoms with Crippen LogP contribution in [0.15, 0.2) is 36.8 Å². The highest BCUT2D eigenvalue weighted by Crippen LogP contribution is 2.22. The first kappa shape index (κ1) is 15.4. The molecule has 8 nitrogen and oxygen atoms in total. The Morgan fingerprint density at radius 3 is 2.74 bits per heavy atom. The Balaban J connectivity index is 1.80. The van der Waals surface area contributed by atoms with Gasteiger partial charge in [-0.15, -0.1) is 0 Å². The molecule has 3 aromatic rings. The summed E-state index contributed by atoms with van der Waals surface area (Å²) in [6.45, 7) is 0.627. The van der Waals surface area contributed by atoms with Gasteiger partial charge in [0.05, 0.1) is 11.6 Å². The minimum absolute atomic E-state index is 0.529. The van der Waals surface area contributed by atoms with Gasteiger partial charge in [0.25, 0.3) is 0 Å². The van der Waals surface area contributed by atoms with Gasteiger partial charge in [0.1, 0.15) is 12.1 Å². The molecule has 2 heterocycles. The summed E-state index contributed by atoms with van der Waals surface area (Å²) in [5.74, 6) is 0.797. The average molecular weight is 331 g/mol. The molecule has 1 unspecified atom stereocenters. The molecule has 0 fully saturated rings. The second-order valence-electron chi connectivity index (χ2n) is 5.09. The maximum absolute atomic E-state index is 10.6. The molecule has 0 radical (unpaired) electrons. The first-order chi connectivity index (χ1) is 11.0. The molecule has 0 spiro atoms. The van der Waals surface area contributed by atoms with Crippen LogP contribution in [0.2, 0.25) is 0 Å². The van der Waals surface area contributed by atoms with Gasteiger partial charge in [-0.1, -0.05) is 12.1 Å². The number of benzene rings is 1. The van der Waals surface area contributed by atoms with Crippen molar-refractivity contribution in [3.63, 3.8) is 0 Å². The second-order valence-corrected chi connectivity index (χ2v) is 5.77. The van der Waals surface area contributed by atoms with E-state index in [4.69, 9.17) is 0 Å². The molecule has 23 heavy (non-hydrogen) atoms. The topological polar surface area (TPSA) is 99.0 Å². The van der Waals surface area contributed by atoms with Gasteiger partial charge in [-0.05, 0) is 17.7 Å². The summed E-state index contributed by atoms with van der Waals surface area (Å²) < 4.78 is 25.2. The number of fused-ring (bicyclic) bond motifs is 1. The van der Waals surface area contributed by atoms with Gasteiger partial charge in [-0.3, -0.25) is 8.89 Å². The zero-order chi connectivity index (χ0) is 16.4. The Bertz CT molecular complexity index is 848. The van der Waals surface area contributed by atoms with E-state index in [1.165, 1.54) is 6.33 Å². The third-order valence-electron chi connectivity index (χ3n) is 3.44. The Morgan fingerprint density at radius 1 is 1.30 bits per heavy atom. The SMILES string of the molecule is CN(Cc1ccc(NS(=O)[O-])cc1)c1ncnc2c1cnn2C. The van der Waals surface area contributed by atoms with Crippen LogP contribution in [0.3, 0.4) is 0 Å². The van der Waals surface area contributed by atoms with Crippen molar-refractivity contribution in [1.82, 2.24) is 19.7 Å². The highest BCUT2D eigenvalue weighted by Gasteiger charge is 2.12. The van der Waals surface area contributed by atoms with Crippen LogP contribution in [0.1, 0.15) is 5.56 Å². The summed E-state index contributed by atoms with van der Waals surface area (Å²) in [6, 6.07) is 7.18. The molecule has 0 saturated heterocycles. The smallest absolute Gasteiger partial charge is 0.163 e. The summed E-state index contributed by atoms with van der Waals surface area (Å²) in [4.78, 5) is 10.6. The maximum atomic E-state index is 10.6. The monoisotopic (exact) mass is 331 g/mol. The van der Waals surface area contributed by atoms with Crippen molar-refractivity contribution < 1.29 is 8.76 Å². The highest BCUT2D eigenvalue weighted by molar-refractivity contribution is 7.80. The molecule has 3 rings (SSSR count). The Kier molecular flexibility index (Phi) is 4.22. The third kappa shape index (κ3) is 3.30. The van der Waals surface area contributed by atoms with Crippen molar-refractivity contribution in [2.75, 3.05) is 16.7 Å². The van der Waals surface area contributed by atoms with Crippen molar-refractivity contribution in [2.24, 2.45) is 7.05 Å². The predicted molar refractivity (Wildman–Crippen MR) is 87.4 cm³/mol. The van der Waals surface area contributed by atoms with E-state index >= 15 is 0 Å². The summed E-state index contributed by atoms with van der Waals surface area (Å²) in [5.41, 5.74) is 2.34. The third-order valence-corrected chi connectivity index (χ3v) is 3.85. The maximum Gasteiger partial charge on any atom is 0.163 e. The number of rotatable bonds is 5. The normalized spacial score (nSPS) is 12.3. The van der Waals surface area contributed by atoms with Gasteiger partial charge in [0, 0.05) is 37.6 Å². The molecular formula is C14H15N6O2S-. The number of aromatic nitrogens is 4. The van der Waals surface area contributed by atoms with Gasteiger partial charge in [0.15, 0.2) is 5.65 Å². The molecule has 0 aliphatic heterocycles. The van der Waals surface area contributed by atoms with Gasteiger partial charge in [0.2, 0.25) is 0 Å². The van der Waals surface area contributed by atoms with Crippen molar-refractivity contribution in [2.45, 2.75) is 6.54 Å². The summed E-state index contributed by atoms with van der Waals surface area (Å²) >= 11 is -2.31. The van der Waals surface area contributed by atoms with Crippen LogP contribution in [0, 0.1) is 0 Å². The highest BCUT2D eigenvalue weighted by atomic mass is 32.2. The van der Waals surface area contributed by atoms with Crippen molar-refractivity contribution in [3.8, 4) is 0 Å². The van der Waals surface area contributed by atoms with Crippen molar-refractivity contribution >= 4 is 33.8 Å². The molecule has 0 aliphatic rings. The van der Waals surface area contributed by atoms with Gasteiger partial charge < -0.3 is 14.2 Å². The zero-order valence-electron chi connectivity index (χ0n) is 12.6. The fourth-order valence-corrected chi connectivity index (χ4v) is 2.71. The Morgan fingerprint density at radius 2 is 2.04 bits per heavy atom. The van der Waals surface area contributed by atoms with Crippen molar-refractivity contribution in [1.29, 1.82) is 0 Å².